The topological polar surface area (TPSA) is 26.0 Å². The number of hydrogen-bond donors (Lipinski definition) is 0. The highest BCUT2D eigenvalue weighted by Crippen LogP contribution is 2.28. The van der Waals surface area contributed by atoms with Gasteiger partial charge in [-0.3, -0.25) is 0 Å². The number of oxazole rings is 1. The lowest BCUT2D eigenvalue weighted by molar-refractivity contribution is 0.541. The van der Waals surface area contributed by atoms with Crippen molar-refractivity contribution in [3.63, 3.8) is 0 Å². The van der Waals surface area contributed by atoms with Crippen LogP contribution in [0.2, 0.25) is 0 Å². The Balaban J connectivity index is 2.60. The average molecular weight is 252 g/mol. The first-order valence-corrected chi connectivity index (χ1v) is 5.16. The smallest absolute Gasteiger partial charge is 0.264 e. The van der Waals surface area contributed by atoms with Gasteiger partial charge in [0.1, 0.15) is 0 Å². The maximum Gasteiger partial charge on any atom is 0.264 e. The van der Waals surface area contributed by atoms with Crippen molar-refractivity contribution in [2.75, 3.05) is 0 Å². The first-order chi connectivity index (χ1) is 6.68. The molecule has 0 aliphatic carbocycles. The molecule has 0 aliphatic heterocycles. The molecule has 0 fully saturated rings. The van der Waals surface area contributed by atoms with Crippen LogP contribution in [0.4, 0.5) is 0 Å². The van der Waals surface area contributed by atoms with Gasteiger partial charge in [0.05, 0.1) is 5.69 Å². The number of aryl methyl sites for hydroxylation is 2. The standard InChI is InChI=1S/C11H10BrNO/c1-7-5-3-4-6-9(7)10-8(2)13-11(12)14-10/h3-6H,1-2H3. The van der Waals surface area contributed by atoms with Crippen molar-refractivity contribution in [1.29, 1.82) is 0 Å². The fourth-order valence-electron chi connectivity index (χ4n) is 1.44. The van der Waals surface area contributed by atoms with Gasteiger partial charge in [0.2, 0.25) is 0 Å². The number of halogens is 1. The summed E-state index contributed by atoms with van der Waals surface area (Å²) in [5.41, 5.74) is 3.20. The van der Waals surface area contributed by atoms with Crippen LogP contribution in [0.5, 0.6) is 0 Å². The highest BCUT2D eigenvalue weighted by atomic mass is 79.9. The molecule has 2 aromatic rings. The van der Waals surface area contributed by atoms with Gasteiger partial charge in [0.15, 0.2) is 5.76 Å². The molecule has 0 saturated carbocycles. The highest BCUT2D eigenvalue weighted by Gasteiger charge is 2.11. The zero-order chi connectivity index (χ0) is 10.1. The van der Waals surface area contributed by atoms with Crippen LogP contribution in [0.15, 0.2) is 33.5 Å². The maximum absolute atomic E-state index is 5.49. The molecule has 0 unspecified atom stereocenters. The fraction of sp³-hybridized carbons (Fsp3) is 0.182. The largest absolute Gasteiger partial charge is 0.431 e. The summed E-state index contributed by atoms with van der Waals surface area (Å²) in [6, 6.07) is 8.11. The van der Waals surface area contributed by atoms with Crippen LogP contribution in [0.25, 0.3) is 11.3 Å². The van der Waals surface area contributed by atoms with Gasteiger partial charge in [-0.1, -0.05) is 24.3 Å². The van der Waals surface area contributed by atoms with Gasteiger partial charge >= 0.3 is 0 Å². The Bertz CT molecular complexity index is 462. The zero-order valence-corrected chi connectivity index (χ0v) is 9.63. The monoisotopic (exact) mass is 251 g/mol. The molecule has 0 atom stereocenters. The van der Waals surface area contributed by atoms with Gasteiger partial charge in [-0.2, -0.15) is 0 Å². The molecule has 2 rings (SSSR count). The molecule has 1 aromatic carbocycles. The van der Waals surface area contributed by atoms with Crippen molar-refractivity contribution in [3.05, 3.63) is 40.3 Å². The summed E-state index contributed by atoms with van der Waals surface area (Å²) in [7, 11) is 0. The molecular formula is C11H10BrNO. The van der Waals surface area contributed by atoms with E-state index in [9.17, 15) is 0 Å². The molecule has 2 nitrogen and oxygen atoms in total. The predicted molar refractivity (Wildman–Crippen MR) is 59.1 cm³/mol. The van der Waals surface area contributed by atoms with Gasteiger partial charge in [0.25, 0.3) is 4.80 Å². The molecule has 0 amide bonds. The van der Waals surface area contributed by atoms with Gasteiger partial charge in [-0.15, -0.1) is 0 Å². The van der Waals surface area contributed by atoms with Crippen LogP contribution in [-0.4, -0.2) is 4.98 Å². The van der Waals surface area contributed by atoms with E-state index in [0.29, 0.717) is 4.80 Å². The number of nitrogens with zero attached hydrogens (tertiary/aromatic N) is 1. The minimum atomic E-state index is 0.535. The van der Waals surface area contributed by atoms with Crippen LogP contribution in [0, 0.1) is 13.8 Å². The van der Waals surface area contributed by atoms with E-state index in [-0.39, 0.29) is 0 Å². The maximum atomic E-state index is 5.49. The molecule has 0 bridgehead atoms. The summed E-state index contributed by atoms with van der Waals surface area (Å²) in [5, 5.41) is 0. The second kappa shape index (κ2) is 3.58. The number of rotatable bonds is 1. The van der Waals surface area contributed by atoms with Gasteiger partial charge in [-0.25, -0.2) is 4.98 Å². The van der Waals surface area contributed by atoms with E-state index in [4.69, 9.17) is 4.42 Å². The Labute approximate surface area is 91.1 Å². The van der Waals surface area contributed by atoms with Crippen LogP contribution >= 0.6 is 15.9 Å². The quantitative estimate of drug-likeness (QED) is 0.773. The summed E-state index contributed by atoms with van der Waals surface area (Å²) < 4.78 is 5.49. The Hall–Kier alpha value is -1.09. The first kappa shape index (κ1) is 9.46. The molecule has 0 aliphatic rings. The average Bonchev–Trinajstić information content (AvgIpc) is 2.46. The molecule has 0 spiro atoms. The molecule has 1 aromatic heterocycles. The van der Waals surface area contributed by atoms with E-state index in [0.717, 1.165) is 17.0 Å². The van der Waals surface area contributed by atoms with Crippen LogP contribution in [0.3, 0.4) is 0 Å². The third-order valence-electron chi connectivity index (χ3n) is 2.16. The second-order valence-electron chi connectivity index (χ2n) is 3.20. The molecule has 1 heterocycles. The van der Waals surface area contributed by atoms with Crippen molar-refractivity contribution < 1.29 is 4.42 Å². The summed E-state index contributed by atoms with van der Waals surface area (Å²) >= 11 is 3.23. The molecular weight excluding hydrogens is 242 g/mol. The van der Waals surface area contributed by atoms with Gasteiger partial charge in [-0.05, 0) is 19.4 Å². The SMILES string of the molecule is Cc1ccccc1-c1oc(Br)nc1C. The van der Waals surface area contributed by atoms with Crippen LogP contribution in [-0.2, 0) is 0 Å². The summed E-state index contributed by atoms with van der Waals surface area (Å²) in [4.78, 5) is 4.71. The summed E-state index contributed by atoms with van der Waals surface area (Å²) in [6.07, 6.45) is 0. The minimum Gasteiger partial charge on any atom is -0.431 e. The van der Waals surface area contributed by atoms with Gasteiger partial charge < -0.3 is 4.42 Å². The molecule has 0 saturated heterocycles. The van der Waals surface area contributed by atoms with Crippen molar-refractivity contribution in [2.24, 2.45) is 0 Å². The Morgan fingerprint density at radius 3 is 2.50 bits per heavy atom. The molecule has 72 valence electrons. The predicted octanol–water partition coefficient (Wildman–Crippen LogP) is 3.72. The molecule has 14 heavy (non-hydrogen) atoms. The molecule has 0 radical (unpaired) electrons. The van der Waals surface area contributed by atoms with Crippen molar-refractivity contribution in [1.82, 2.24) is 4.98 Å². The number of hydrogen-bond acceptors (Lipinski definition) is 2. The number of aromatic nitrogens is 1. The third kappa shape index (κ3) is 1.60. The van der Waals surface area contributed by atoms with Crippen molar-refractivity contribution in [3.8, 4) is 11.3 Å². The third-order valence-corrected chi connectivity index (χ3v) is 2.50. The van der Waals surface area contributed by atoms with Crippen molar-refractivity contribution >= 4 is 15.9 Å². The van der Waals surface area contributed by atoms with E-state index < -0.39 is 0 Å². The molecule has 3 heteroatoms. The lowest BCUT2D eigenvalue weighted by Crippen LogP contribution is -1.82. The summed E-state index contributed by atoms with van der Waals surface area (Å²) in [5.74, 6) is 0.843. The normalized spacial score (nSPS) is 10.5. The zero-order valence-electron chi connectivity index (χ0n) is 8.04. The Morgan fingerprint density at radius 1 is 1.21 bits per heavy atom. The van der Waals surface area contributed by atoms with Gasteiger partial charge in [0, 0.05) is 21.5 Å². The Morgan fingerprint density at radius 2 is 1.93 bits per heavy atom. The van der Waals surface area contributed by atoms with E-state index in [2.05, 4.69) is 33.9 Å². The van der Waals surface area contributed by atoms with Crippen LogP contribution in [0.1, 0.15) is 11.3 Å². The highest BCUT2D eigenvalue weighted by molar-refractivity contribution is 9.10. The number of benzene rings is 1. The van der Waals surface area contributed by atoms with E-state index in [1.54, 1.807) is 0 Å². The first-order valence-electron chi connectivity index (χ1n) is 4.37. The second-order valence-corrected chi connectivity index (χ2v) is 3.87. The van der Waals surface area contributed by atoms with E-state index >= 15 is 0 Å². The fourth-order valence-corrected chi connectivity index (χ4v) is 1.87. The summed E-state index contributed by atoms with van der Waals surface area (Å²) in [6.45, 7) is 4.00. The minimum absolute atomic E-state index is 0.535. The molecule has 0 N–H and O–H groups in total. The van der Waals surface area contributed by atoms with Crippen LogP contribution < -0.4 is 0 Å². The lowest BCUT2D eigenvalue weighted by atomic mass is 10.1. The van der Waals surface area contributed by atoms with E-state index in [1.807, 2.05) is 25.1 Å². The van der Waals surface area contributed by atoms with E-state index in [1.165, 1.54) is 5.56 Å². The Kier molecular flexibility index (Phi) is 2.42. The van der Waals surface area contributed by atoms with Crippen molar-refractivity contribution in [2.45, 2.75) is 13.8 Å². The lowest BCUT2D eigenvalue weighted by Gasteiger charge is -2.01.